The number of halogens is 1. The van der Waals surface area contributed by atoms with Gasteiger partial charge in [-0.05, 0) is 35.0 Å². The fourth-order valence-electron chi connectivity index (χ4n) is 1.61. The molecule has 0 saturated carbocycles. The maximum atomic E-state index is 12.0. The minimum Gasteiger partial charge on any atom is -0.464 e. The van der Waals surface area contributed by atoms with Crippen LogP contribution in [0.4, 0.5) is 5.69 Å². The first-order valence-corrected chi connectivity index (χ1v) is 6.42. The number of hydrogen-bond acceptors (Lipinski definition) is 5. The number of amides is 1. The highest BCUT2D eigenvalue weighted by Crippen LogP contribution is 2.22. The van der Waals surface area contributed by atoms with E-state index in [-0.39, 0.29) is 11.5 Å². The van der Waals surface area contributed by atoms with Crippen LogP contribution in [0, 0.1) is 6.92 Å². The Morgan fingerprint density at radius 2 is 2.15 bits per heavy atom. The quantitative estimate of drug-likeness (QED) is 0.864. The lowest BCUT2D eigenvalue weighted by molar-refractivity contribution is 0.0594. The number of ether oxygens (including phenoxy) is 1. The second kappa shape index (κ2) is 5.49. The molecular weight excluding hydrogens is 330 g/mol. The molecule has 7 nitrogen and oxygen atoms in total. The Hall–Kier alpha value is -2.09. The maximum absolute atomic E-state index is 12.0. The highest BCUT2D eigenvalue weighted by atomic mass is 79.9. The van der Waals surface area contributed by atoms with Gasteiger partial charge >= 0.3 is 5.97 Å². The van der Waals surface area contributed by atoms with Crippen molar-refractivity contribution < 1.29 is 18.7 Å². The smallest absolute Gasteiger partial charge is 0.360 e. The van der Waals surface area contributed by atoms with Crippen molar-refractivity contribution in [2.24, 2.45) is 7.05 Å². The van der Waals surface area contributed by atoms with Crippen LogP contribution in [0.15, 0.2) is 21.2 Å². The van der Waals surface area contributed by atoms with E-state index < -0.39 is 11.9 Å². The van der Waals surface area contributed by atoms with Crippen LogP contribution in [0.2, 0.25) is 0 Å². The summed E-state index contributed by atoms with van der Waals surface area (Å²) in [5.74, 6) is -0.975. The van der Waals surface area contributed by atoms with Crippen molar-refractivity contribution >= 4 is 33.5 Å². The van der Waals surface area contributed by atoms with Crippen molar-refractivity contribution in [3.8, 4) is 0 Å². The van der Waals surface area contributed by atoms with Gasteiger partial charge in [0.05, 0.1) is 18.5 Å². The Morgan fingerprint density at radius 3 is 2.70 bits per heavy atom. The number of nitrogens with one attached hydrogen (secondary N) is 1. The molecule has 2 aromatic rings. The molecule has 2 heterocycles. The number of carbonyl (C=O) groups is 2. The monoisotopic (exact) mass is 341 g/mol. The SMILES string of the molecule is COC(=O)c1nn(C)c(C)c1NC(=O)c1ccc(Br)o1. The first kappa shape index (κ1) is 14.3. The summed E-state index contributed by atoms with van der Waals surface area (Å²) in [6.07, 6.45) is 0. The molecule has 2 aromatic heterocycles. The number of carbonyl (C=O) groups excluding carboxylic acids is 2. The Labute approximate surface area is 123 Å². The Balaban J connectivity index is 2.33. The third-order valence-electron chi connectivity index (χ3n) is 2.75. The topological polar surface area (TPSA) is 86.4 Å². The van der Waals surface area contributed by atoms with E-state index in [0.717, 1.165) is 0 Å². The lowest BCUT2D eigenvalue weighted by Gasteiger charge is -2.04. The molecule has 8 heteroatoms. The second-order valence-electron chi connectivity index (χ2n) is 3.98. The standard InChI is InChI=1S/C12H12BrN3O4/c1-6-9(10(12(18)19-3)15-16(6)2)14-11(17)7-4-5-8(13)20-7/h4-5H,1-3H3,(H,14,17). The van der Waals surface area contributed by atoms with Gasteiger partial charge in [-0.3, -0.25) is 9.48 Å². The summed E-state index contributed by atoms with van der Waals surface area (Å²) in [7, 11) is 2.92. The molecule has 2 rings (SSSR count). The second-order valence-corrected chi connectivity index (χ2v) is 4.76. The Bertz CT molecular complexity index is 674. The number of rotatable bonds is 3. The summed E-state index contributed by atoms with van der Waals surface area (Å²) < 4.78 is 11.7. The van der Waals surface area contributed by atoms with Crippen LogP contribution in [0.5, 0.6) is 0 Å². The minimum atomic E-state index is -0.621. The molecule has 0 aromatic carbocycles. The lowest BCUT2D eigenvalue weighted by Crippen LogP contribution is -2.14. The van der Waals surface area contributed by atoms with Gasteiger partial charge < -0.3 is 14.5 Å². The number of furan rings is 1. The number of anilines is 1. The van der Waals surface area contributed by atoms with Gasteiger partial charge in [0.2, 0.25) is 0 Å². The van der Waals surface area contributed by atoms with E-state index in [2.05, 4.69) is 31.1 Å². The van der Waals surface area contributed by atoms with Gasteiger partial charge in [0.1, 0.15) is 0 Å². The molecule has 0 atom stereocenters. The maximum Gasteiger partial charge on any atom is 0.360 e. The summed E-state index contributed by atoms with van der Waals surface area (Å²) in [5.41, 5.74) is 0.979. The van der Waals surface area contributed by atoms with E-state index >= 15 is 0 Å². The van der Waals surface area contributed by atoms with Gasteiger partial charge in [-0.25, -0.2) is 4.79 Å². The first-order valence-electron chi connectivity index (χ1n) is 5.62. The molecule has 106 valence electrons. The molecule has 0 spiro atoms. The van der Waals surface area contributed by atoms with Gasteiger partial charge in [0.15, 0.2) is 16.1 Å². The van der Waals surface area contributed by atoms with Crippen LogP contribution in [0.1, 0.15) is 26.7 Å². The highest BCUT2D eigenvalue weighted by molar-refractivity contribution is 9.10. The molecule has 0 aliphatic carbocycles. The number of esters is 1. The predicted octanol–water partition coefficient (Wildman–Crippen LogP) is 2.12. The molecule has 0 bridgehead atoms. The van der Waals surface area contributed by atoms with Crippen molar-refractivity contribution in [2.45, 2.75) is 6.92 Å². The Morgan fingerprint density at radius 1 is 1.45 bits per heavy atom. The average Bonchev–Trinajstić information content (AvgIpc) is 2.97. The zero-order valence-corrected chi connectivity index (χ0v) is 12.6. The molecule has 0 aliphatic heterocycles. The largest absolute Gasteiger partial charge is 0.464 e. The van der Waals surface area contributed by atoms with Crippen LogP contribution >= 0.6 is 15.9 Å². The lowest BCUT2D eigenvalue weighted by atomic mass is 10.3. The number of nitrogens with zero attached hydrogens (tertiary/aromatic N) is 2. The minimum absolute atomic E-state index is 0.0477. The van der Waals surface area contributed by atoms with E-state index in [1.54, 1.807) is 20.0 Å². The average molecular weight is 342 g/mol. The van der Waals surface area contributed by atoms with Crippen molar-refractivity contribution in [1.82, 2.24) is 9.78 Å². The van der Waals surface area contributed by atoms with Crippen LogP contribution in [-0.2, 0) is 11.8 Å². The summed E-state index contributed by atoms with van der Waals surface area (Å²) in [5, 5.41) is 6.63. The molecule has 20 heavy (non-hydrogen) atoms. The van der Waals surface area contributed by atoms with Gasteiger partial charge in [-0.2, -0.15) is 5.10 Å². The molecule has 1 N–H and O–H groups in total. The summed E-state index contributed by atoms with van der Waals surface area (Å²) in [6.45, 7) is 1.73. The number of hydrogen-bond donors (Lipinski definition) is 1. The third-order valence-corrected chi connectivity index (χ3v) is 3.17. The van der Waals surface area contributed by atoms with Gasteiger partial charge in [-0.15, -0.1) is 0 Å². The molecule has 1 amide bonds. The summed E-state index contributed by atoms with van der Waals surface area (Å²) >= 11 is 3.12. The van der Waals surface area contributed by atoms with E-state index in [1.807, 2.05) is 0 Å². The fourth-order valence-corrected chi connectivity index (χ4v) is 1.92. The van der Waals surface area contributed by atoms with E-state index in [9.17, 15) is 9.59 Å². The first-order chi connectivity index (χ1) is 9.43. The van der Waals surface area contributed by atoms with Crippen LogP contribution < -0.4 is 5.32 Å². The molecule has 0 saturated heterocycles. The van der Waals surface area contributed by atoms with Crippen LogP contribution in [-0.4, -0.2) is 28.8 Å². The van der Waals surface area contributed by atoms with Crippen molar-refractivity contribution in [2.75, 3.05) is 12.4 Å². The summed E-state index contributed by atoms with van der Waals surface area (Å²) in [4.78, 5) is 23.7. The Kier molecular flexibility index (Phi) is 3.93. The summed E-state index contributed by atoms with van der Waals surface area (Å²) in [6, 6.07) is 3.12. The molecule has 0 fully saturated rings. The zero-order chi connectivity index (χ0) is 14.9. The zero-order valence-electron chi connectivity index (χ0n) is 11.1. The van der Waals surface area contributed by atoms with E-state index in [0.29, 0.717) is 16.1 Å². The number of aryl methyl sites for hydroxylation is 1. The molecular formula is C12H12BrN3O4. The van der Waals surface area contributed by atoms with Crippen molar-refractivity contribution in [3.63, 3.8) is 0 Å². The number of methoxy groups -OCH3 is 1. The molecule has 0 radical (unpaired) electrons. The van der Waals surface area contributed by atoms with Gasteiger partial charge in [0, 0.05) is 7.05 Å². The fraction of sp³-hybridized carbons (Fsp3) is 0.250. The van der Waals surface area contributed by atoms with Crippen molar-refractivity contribution in [1.29, 1.82) is 0 Å². The van der Waals surface area contributed by atoms with Crippen molar-refractivity contribution in [3.05, 3.63) is 34.0 Å². The van der Waals surface area contributed by atoms with E-state index in [4.69, 9.17) is 4.42 Å². The van der Waals surface area contributed by atoms with Gasteiger partial charge in [-0.1, -0.05) is 0 Å². The molecule has 0 aliphatic rings. The van der Waals surface area contributed by atoms with Crippen LogP contribution in [0.25, 0.3) is 0 Å². The number of aromatic nitrogens is 2. The van der Waals surface area contributed by atoms with Crippen LogP contribution in [0.3, 0.4) is 0 Å². The third kappa shape index (κ3) is 2.60. The van der Waals surface area contributed by atoms with E-state index in [1.165, 1.54) is 17.9 Å². The highest BCUT2D eigenvalue weighted by Gasteiger charge is 2.23. The predicted molar refractivity (Wildman–Crippen MR) is 73.6 cm³/mol. The normalized spacial score (nSPS) is 10.4. The van der Waals surface area contributed by atoms with Gasteiger partial charge in [0.25, 0.3) is 5.91 Å². The molecule has 0 unspecified atom stereocenters.